The Morgan fingerprint density at radius 1 is 1.07 bits per heavy atom. The van der Waals surface area contributed by atoms with Gasteiger partial charge in [-0.3, -0.25) is 15.0 Å². The number of carbonyl (C=O) groups excluding carboxylic acids is 2. The molecule has 0 aliphatic rings. The number of hydrogen-bond donors (Lipinski definition) is 3. The first kappa shape index (κ1) is 21.9. The molecular weight excluding hydrogens is 354 g/mol. The number of aryl methyl sites for hydroxylation is 1. The number of para-hydroxylation sites is 1. The second-order valence-electron chi connectivity index (χ2n) is 7.07. The quantitative estimate of drug-likeness (QED) is 0.385. The van der Waals surface area contributed by atoms with Gasteiger partial charge in [0.25, 0.3) is 0 Å². The third kappa shape index (κ3) is 6.98. The zero-order valence-corrected chi connectivity index (χ0v) is 17.3. The summed E-state index contributed by atoms with van der Waals surface area (Å²) in [7, 11) is 3.90. The van der Waals surface area contributed by atoms with E-state index in [2.05, 4.69) is 38.8 Å². The van der Waals surface area contributed by atoms with Gasteiger partial charge in [-0.1, -0.05) is 18.2 Å². The number of benzene rings is 1. The number of carbonyl (C=O) groups is 2. The maximum absolute atomic E-state index is 12.2. The van der Waals surface area contributed by atoms with Crippen molar-refractivity contribution >= 4 is 22.7 Å². The first-order chi connectivity index (χ1) is 13.5. The summed E-state index contributed by atoms with van der Waals surface area (Å²) in [6.45, 7) is 4.33. The molecule has 2 rings (SSSR count). The van der Waals surface area contributed by atoms with Crippen molar-refractivity contribution in [1.29, 1.82) is 0 Å². The number of rotatable bonds is 12. The van der Waals surface area contributed by atoms with Crippen LogP contribution in [0.1, 0.15) is 38.3 Å². The Morgan fingerprint density at radius 2 is 1.79 bits per heavy atom. The lowest BCUT2D eigenvalue weighted by molar-refractivity contribution is -0.121. The lowest BCUT2D eigenvalue weighted by atomic mass is 10.2. The Labute approximate surface area is 167 Å². The zero-order valence-electron chi connectivity index (χ0n) is 17.3. The van der Waals surface area contributed by atoms with E-state index in [-0.39, 0.29) is 11.8 Å². The minimum Gasteiger partial charge on any atom is -0.356 e. The van der Waals surface area contributed by atoms with Crippen LogP contribution in [0.5, 0.6) is 0 Å². The summed E-state index contributed by atoms with van der Waals surface area (Å²) in [4.78, 5) is 23.0. The van der Waals surface area contributed by atoms with E-state index in [1.807, 2.05) is 31.2 Å². The number of nitrogens with one attached hydrogen (secondary N) is 3. The third-order valence-corrected chi connectivity index (χ3v) is 4.79. The van der Waals surface area contributed by atoms with Gasteiger partial charge in [0.2, 0.25) is 11.8 Å². The normalized spacial score (nSPS) is 11.1. The van der Waals surface area contributed by atoms with Crippen LogP contribution in [0.3, 0.4) is 0 Å². The number of amides is 2. The smallest absolute Gasteiger partial charge is 0.221 e. The topological polar surface area (TPSA) is 78.4 Å². The van der Waals surface area contributed by atoms with Crippen molar-refractivity contribution < 1.29 is 9.59 Å². The van der Waals surface area contributed by atoms with Gasteiger partial charge in [0.1, 0.15) is 0 Å². The standard InChI is InChI=1S/C21H33N5O2/c1-17(27)23-12-7-4-8-13-24-21(28)11-14-26-19(16-25(3)22-2)15-18-9-5-6-10-20(18)26/h5-6,9-10,15,22H,4,7-8,11-14,16H2,1-3H3,(H,23,27)(H,24,28). The molecule has 0 saturated carbocycles. The number of fused-ring (bicyclic) bond motifs is 1. The van der Waals surface area contributed by atoms with E-state index >= 15 is 0 Å². The molecule has 0 fully saturated rings. The van der Waals surface area contributed by atoms with Crippen LogP contribution < -0.4 is 16.1 Å². The Balaban J connectivity index is 1.81. The summed E-state index contributed by atoms with van der Waals surface area (Å²) in [5, 5.41) is 9.00. The van der Waals surface area contributed by atoms with E-state index in [0.29, 0.717) is 26.1 Å². The van der Waals surface area contributed by atoms with Crippen LogP contribution in [0.25, 0.3) is 10.9 Å². The van der Waals surface area contributed by atoms with E-state index < -0.39 is 0 Å². The number of unbranched alkanes of at least 4 members (excludes halogenated alkanes) is 2. The van der Waals surface area contributed by atoms with E-state index in [1.165, 1.54) is 18.0 Å². The maximum Gasteiger partial charge on any atom is 0.221 e. The van der Waals surface area contributed by atoms with Gasteiger partial charge in [-0.2, -0.15) is 0 Å². The zero-order chi connectivity index (χ0) is 20.4. The van der Waals surface area contributed by atoms with Gasteiger partial charge >= 0.3 is 0 Å². The van der Waals surface area contributed by atoms with Crippen molar-refractivity contribution in [2.24, 2.45) is 0 Å². The molecule has 0 aliphatic heterocycles. The number of hydrazine groups is 1. The SMILES string of the molecule is CNN(C)Cc1cc2ccccc2n1CCC(=O)NCCCCCNC(C)=O. The van der Waals surface area contributed by atoms with Gasteiger partial charge in [0.15, 0.2) is 0 Å². The highest BCUT2D eigenvalue weighted by atomic mass is 16.2. The molecule has 1 aromatic heterocycles. The van der Waals surface area contributed by atoms with Gasteiger partial charge in [0, 0.05) is 51.2 Å². The number of nitrogens with zero attached hydrogens (tertiary/aromatic N) is 2. The fourth-order valence-electron chi connectivity index (χ4n) is 3.21. The molecule has 0 aliphatic carbocycles. The van der Waals surface area contributed by atoms with Crippen LogP contribution in [-0.2, 0) is 22.7 Å². The van der Waals surface area contributed by atoms with Crippen molar-refractivity contribution in [2.45, 2.75) is 45.7 Å². The number of aromatic nitrogens is 1. The second-order valence-corrected chi connectivity index (χ2v) is 7.07. The summed E-state index contributed by atoms with van der Waals surface area (Å²) in [6.07, 6.45) is 3.31. The predicted molar refractivity (Wildman–Crippen MR) is 113 cm³/mol. The van der Waals surface area contributed by atoms with Crippen LogP contribution in [0.2, 0.25) is 0 Å². The van der Waals surface area contributed by atoms with Crippen molar-refractivity contribution in [3.63, 3.8) is 0 Å². The van der Waals surface area contributed by atoms with E-state index in [1.54, 1.807) is 0 Å². The van der Waals surface area contributed by atoms with Crippen molar-refractivity contribution in [3.8, 4) is 0 Å². The molecular formula is C21H33N5O2. The molecule has 28 heavy (non-hydrogen) atoms. The highest BCUT2D eigenvalue weighted by Gasteiger charge is 2.11. The Kier molecular flexibility index (Phi) is 8.97. The van der Waals surface area contributed by atoms with Crippen LogP contribution >= 0.6 is 0 Å². The van der Waals surface area contributed by atoms with Crippen molar-refractivity contribution in [1.82, 2.24) is 25.6 Å². The first-order valence-corrected chi connectivity index (χ1v) is 9.98. The molecule has 3 N–H and O–H groups in total. The summed E-state index contributed by atoms with van der Waals surface area (Å²) in [5.74, 6) is 0.0821. The molecule has 0 atom stereocenters. The Hall–Kier alpha value is -2.38. The molecule has 154 valence electrons. The van der Waals surface area contributed by atoms with Gasteiger partial charge in [-0.05, 0) is 43.8 Å². The third-order valence-electron chi connectivity index (χ3n) is 4.79. The van der Waals surface area contributed by atoms with Gasteiger partial charge in [-0.25, -0.2) is 5.01 Å². The van der Waals surface area contributed by atoms with Crippen molar-refractivity contribution in [2.75, 3.05) is 27.2 Å². The Morgan fingerprint density at radius 3 is 2.50 bits per heavy atom. The van der Waals surface area contributed by atoms with Gasteiger partial charge in [0.05, 0.1) is 6.54 Å². The van der Waals surface area contributed by atoms with Crippen molar-refractivity contribution in [3.05, 3.63) is 36.0 Å². The lowest BCUT2D eigenvalue weighted by Gasteiger charge is -2.17. The molecule has 2 aromatic rings. The van der Waals surface area contributed by atoms with Crippen LogP contribution in [0.4, 0.5) is 0 Å². The predicted octanol–water partition coefficient (Wildman–Crippen LogP) is 2.02. The van der Waals surface area contributed by atoms with E-state index in [0.717, 1.165) is 31.3 Å². The minimum absolute atomic E-state index is 0.00567. The summed E-state index contributed by atoms with van der Waals surface area (Å²) in [6, 6.07) is 10.5. The minimum atomic E-state index is 0.00567. The molecule has 1 heterocycles. The summed E-state index contributed by atoms with van der Waals surface area (Å²) in [5.41, 5.74) is 5.47. The monoisotopic (exact) mass is 387 g/mol. The molecule has 0 radical (unpaired) electrons. The Bertz CT molecular complexity index is 771. The summed E-state index contributed by atoms with van der Waals surface area (Å²) < 4.78 is 2.23. The average molecular weight is 388 g/mol. The van der Waals surface area contributed by atoms with Gasteiger partial charge in [-0.15, -0.1) is 0 Å². The maximum atomic E-state index is 12.2. The average Bonchev–Trinajstić information content (AvgIpc) is 3.02. The molecule has 1 aromatic carbocycles. The second kappa shape index (κ2) is 11.5. The van der Waals surface area contributed by atoms with Crippen LogP contribution in [0, 0.1) is 0 Å². The number of hydrogen-bond acceptors (Lipinski definition) is 4. The van der Waals surface area contributed by atoms with Gasteiger partial charge < -0.3 is 15.2 Å². The largest absolute Gasteiger partial charge is 0.356 e. The molecule has 0 saturated heterocycles. The molecule has 2 amide bonds. The first-order valence-electron chi connectivity index (χ1n) is 9.98. The molecule has 7 nitrogen and oxygen atoms in total. The highest BCUT2D eigenvalue weighted by molar-refractivity contribution is 5.82. The highest BCUT2D eigenvalue weighted by Crippen LogP contribution is 2.21. The summed E-state index contributed by atoms with van der Waals surface area (Å²) >= 11 is 0. The fraction of sp³-hybridized carbons (Fsp3) is 0.524. The van der Waals surface area contributed by atoms with Crippen LogP contribution in [0.15, 0.2) is 30.3 Å². The lowest BCUT2D eigenvalue weighted by Crippen LogP contribution is -2.31. The molecule has 0 spiro atoms. The molecule has 0 bridgehead atoms. The molecule has 7 heteroatoms. The fourth-order valence-corrected chi connectivity index (χ4v) is 3.21. The molecule has 0 unspecified atom stereocenters. The van der Waals surface area contributed by atoms with E-state index in [9.17, 15) is 9.59 Å². The van der Waals surface area contributed by atoms with E-state index in [4.69, 9.17) is 0 Å². The van der Waals surface area contributed by atoms with Crippen LogP contribution in [-0.4, -0.2) is 48.6 Å².